The van der Waals surface area contributed by atoms with Gasteiger partial charge in [-0.3, -0.25) is 0 Å². The van der Waals surface area contributed by atoms with E-state index in [2.05, 4.69) is 17.1 Å². The van der Waals surface area contributed by atoms with Crippen molar-refractivity contribution < 1.29 is 14.4 Å². The van der Waals surface area contributed by atoms with Gasteiger partial charge < -0.3 is 14.4 Å². The van der Waals surface area contributed by atoms with E-state index in [0.717, 1.165) is 44.4 Å². The first kappa shape index (κ1) is 15.4. The normalized spacial score (nSPS) is 28.5. The molecular formula is C15H26N2O3. The number of hydrogen-bond acceptors (Lipinski definition) is 5. The number of methoxy groups -OCH3 is 1. The van der Waals surface area contributed by atoms with E-state index >= 15 is 0 Å². The van der Waals surface area contributed by atoms with E-state index in [1.807, 2.05) is 6.92 Å². The van der Waals surface area contributed by atoms with E-state index < -0.39 is 11.7 Å². The molecule has 2 rings (SSSR count). The lowest BCUT2D eigenvalue weighted by atomic mass is 9.79. The summed E-state index contributed by atoms with van der Waals surface area (Å²) in [5.41, 5.74) is -0.399. The third-order valence-corrected chi connectivity index (χ3v) is 4.38. The predicted octanol–water partition coefficient (Wildman–Crippen LogP) is 2.82. The predicted molar refractivity (Wildman–Crippen MR) is 75.2 cm³/mol. The van der Waals surface area contributed by atoms with Crippen molar-refractivity contribution in [2.75, 3.05) is 7.11 Å². The topological polar surface area (TPSA) is 68.4 Å². The Morgan fingerprint density at radius 3 is 2.75 bits per heavy atom. The zero-order chi connectivity index (χ0) is 14.6. The highest BCUT2D eigenvalue weighted by Crippen LogP contribution is 2.40. The largest absolute Gasteiger partial charge is 0.393 e. The first-order chi connectivity index (χ1) is 9.59. The fraction of sp³-hybridized carbons (Fsp3) is 0.867. The molecule has 0 aromatic carbocycles. The van der Waals surface area contributed by atoms with Gasteiger partial charge >= 0.3 is 0 Å². The second-order valence-electron chi connectivity index (χ2n) is 6.04. The zero-order valence-electron chi connectivity index (χ0n) is 12.8. The van der Waals surface area contributed by atoms with Gasteiger partial charge in [0.1, 0.15) is 5.60 Å². The second kappa shape index (κ2) is 6.68. The average Bonchev–Trinajstić information content (AvgIpc) is 2.89. The van der Waals surface area contributed by atoms with Crippen molar-refractivity contribution in [1.29, 1.82) is 0 Å². The van der Waals surface area contributed by atoms with Crippen molar-refractivity contribution in [3.05, 3.63) is 11.7 Å². The van der Waals surface area contributed by atoms with Gasteiger partial charge in [0.15, 0.2) is 0 Å². The average molecular weight is 282 g/mol. The van der Waals surface area contributed by atoms with Gasteiger partial charge in [-0.05, 0) is 38.0 Å². The maximum absolute atomic E-state index is 9.82. The first-order valence-corrected chi connectivity index (χ1v) is 7.66. The molecule has 1 aromatic rings. The summed E-state index contributed by atoms with van der Waals surface area (Å²) in [6.07, 6.45) is 5.83. The summed E-state index contributed by atoms with van der Waals surface area (Å²) in [4.78, 5) is 4.46. The molecule has 1 aliphatic rings. The summed E-state index contributed by atoms with van der Waals surface area (Å²) in [7, 11) is 1.72. The monoisotopic (exact) mass is 282 g/mol. The number of aliphatic hydroxyl groups is 1. The van der Waals surface area contributed by atoms with E-state index in [4.69, 9.17) is 9.26 Å². The summed E-state index contributed by atoms with van der Waals surface area (Å²) < 4.78 is 11.0. The number of ether oxygens (including phenoxy) is 1. The Labute approximate surface area is 120 Å². The Balaban J connectivity index is 2.06. The molecule has 0 spiro atoms. The summed E-state index contributed by atoms with van der Waals surface area (Å²) in [5.74, 6) is 1.89. The van der Waals surface area contributed by atoms with Gasteiger partial charge in [0.05, 0.1) is 12.5 Å². The minimum absolute atomic E-state index is 0.399. The van der Waals surface area contributed by atoms with Crippen LogP contribution in [0, 0.1) is 5.92 Å². The van der Waals surface area contributed by atoms with Crippen molar-refractivity contribution in [2.45, 2.75) is 70.5 Å². The van der Waals surface area contributed by atoms with Gasteiger partial charge in [0.2, 0.25) is 11.7 Å². The highest BCUT2D eigenvalue weighted by atomic mass is 16.5. The van der Waals surface area contributed by atoms with E-state index in [1.165, 1.54) is 0 Å². The molecule has 0 amide bonds. The Hall–Kier alpha value is -0.940. The van der Waals surface area contributed by atoms with Gasteiger partial charge in [0.25, 0.3) is 0 Å². The van der Waals surface area contributed by atoms with Crippen molar-refractivity contribution in [3.8, 4) is 0 Å². The maximum Gasteiger partial charge on any atom is 0.229 e. The van der Waals surface area contributed by atoms with Crippen LogP contribution in [0.4, 0.5) is 0 Å². The third-order valence-electron chi connectivity index (χ3n) is 4.38. The lowest BCUT2D eigenvalue weighted by Gasteiger charge is -2.35. The van der Waals surface area contributed by atoms with Gasteiger partial charge in [-0.2, -0.15) is 4.98 Å². The molecular weight excluding hydrogens is 256 g/mol. The molecule has 114 valence electrons. The van der Waals surface area contributed by atoms with Crippen LogP contribution in [-0.2, 0) is 16.8 Å². The van der Waals surface area contributed by atoms with Crippen LogP contribution >= 0.6 is 0 Å². The standard InChI is InChI=1S/C15H26N2O3/c1-4-5-12(18)10-13-16-14(17-20-13)15(19-3)8-6-11(2)7-9-15/h11-12,18H,4-10H2,1-3H3. The van der Waals surface area contributed by atoms with Crippen molar-refractivity contribution in [1.82, 2.24) is 10.1 Å². The third kappa shape index (κ3) is 3.38. The van der Waals surface area contributed by atoms with Crippen LogP contribution in [-0.4, -0.2) is 28.5 Å². The molecule has 1 N–H and O–H groups in total. The highest BCUT2D eigenvalue weighted by Gasteiger charge is 2.40. The minimum atomic E-state index is -0.404. The number of nitrogens with zero attached hydrogens (tertiary/aromatic N) is 2. The van der Waals surface area contributed by atoms with Crippen molar-refractivity contribution >= 4 is 0 Å². The van der Waals surface area contributed by atoms with Crippen molar-refractivity contribution in [2.24, 2.45) is 5.92 Å². The lowest BCUT2D eigenvalue weighted by molar-refractivity contribution is -0.0609. The zero-order valence-corrected chi connectivity index (χ0v) is 12.8. The smallest absolute Gasteiger partial charge is 0.229 e. The number of aliphatic hydroxyl groups excluding tert-OH is 1. The van der Waals surface area contributed by atoms with E-state index in [1.54, 1.807) is 7.11 Å². The van der Waals surface area contributed by atoms with E-state index in [0.29, 0.717) is 18.1 Å². The van der Waals surface area contributed by atoms with Crippen LogP contribution in [0.3, 0.4) is 0 Å². The first-order valence-electron chi connectivity index (χ1n) is 7.66. The summed E-state index contributed by atoms with van der Waals surface area (Å²) in [6.45, 7) is 4.31. The molecule has 0 radical (unpaired) electrons. The van der Waals surface area contributed by atoms with Crippen LogP contribution < -0.4 is 0 Å². The molecule has 0 aliphatic heterocycles. The molecule has 0 bridgehead atoms. The molecule has 1 aromatic heterocycles. The van der Waals surface area contributed by atoms with Gasteiger partial charge in [0, 0.05) is 7.11 Å². The molecule has 1 atom stereocenters. The lowest BCUT2D eigenvalue weighted by Crippen LogP contribution is -2.34. The minimum Gasteiger partial charge on any atom is -0.393 e. The highest BCUT2D eigenvalue weighted by molar-refractivity contribution is 5.04. The van der Waals surface area contributed by atoms with Crippen LogP contribution in [0.1, 0.15) is 64.1 Å². The molecule has 1 aliphatic carbocycles. The molecule has 5 nitrogen and oxygen atoms in total. The molecule has 5 heteroatoms. The number of aromatic nitrogens is 2. The molecule has 0 saturated heterocycles. The molecule has 1 fully saturated rings. The van der Waals surface area contributed by atoms with E-state index in [-0.39, 0.29) is 0 Å². The second-order valence-corrected chi connectivity index (χ2v) is 6.04. The van der Waals surface area contributed by atoms with Crippen LogP contribution in [0.15, 0.2) is 4.52 Å². The quantitative estimate of drug-likeness (QED) is 0.869. The van der Waals surface area contributed by atoms with Gasteiger partial charge in [-0.1, -0.05) is 25.4 Å². The van der Waals surface area contributed by atoms with Gasteiger partial charge in [-0.25, -0.2) is 0 Å². The van der Waals surface area contributed by atoms with Crippen molar-refractivity contribution in [3.63, 3.8) is 0 Å². The Morgan fingerprint density at radius 2 is 2.15 bits per heavy atom. The number of rotatable bonds is 6. The summed E-state index contributed by atoms with van der Waals surface area (Å²) >= 11 is 0. The molecule has 1 saturated carbocycles. The molecule has 20 heavy (non-hydrogen) atoms. The van der Waals surface area contributed by atoms with Crippen LogP contribution in [0.2, 0.25) is 0 Å². The molecule has 1 heterocycles. The van der Waals surface area contributed by atoms with Gasteiger partial charge in [-0.15, -0.1) is 0 Å². The fourth-order valence-electron chi connectivity index (χ4n) is 2.91. The SMILES string of the molecule is CCCC(O)Cc1nc(C2(OC)CCC(C)CC2)no1. The number of hydrogen-bond donors (Lipinski definition) is 1. The fourth-order valence-corrected chi connectivity index (χ4v) is 2.91. The maximum atomic E-state index is 9.82. The molecule has 1 unspecified atom stereocenters. The Kier molecular flexibility index (Phi) is 5.16. The Bertz CT molecular complexity index is 411. The summed E-state index contributed by atoms with van der Waals surface area (Å²) in [6, 6.07) is 0. The Morgan fingerprint density at radius 1 is 1.45 bits per heavy atom. The van der Waals surface area contributed by atoms with E-state index in [9.17, 15) is 5.11 Å². The summed E-state index contributed by atoms with van der Waals surface area (Å²) in [5, 5.41) is 13.9. The van der Waals surface area contributed by atoms with Crippen LogP contribution in [0.25, 0.3) is 0 Å². The van der Waals surface area contributed by atoms with Crippen LogP contribution in [0.5, 0.6) is 0 Å².